The van der Waals surface area contributed by atoms with Gasteiger partial charge in [0.1, 0.15) is 17.6 Å². The van der Waals surface area contributed by atoms with Crippen LogP contribution in [0.5, 0.6) is 0 Å². The van der Waals surface area contributed by atoms with Gasteiger partial charge in [-0.2, -0.15) is 15.4 Å². The summed E-state index contributed by atoms with van der Waals surface area (Å²) in [6.07, 6.45) is 0. The summed E-state index contributed by atoms with van der Waals surface area (Å²) in [5.74, 6) is -0.331. The standard InChI is InChI=1S/C18H13N3O2/c22-18(15-7-3-5-13-4-1-2-6-14(13)15)23-11-12-8-9-16-17(10-12)20-21-19-16/h1-10H,11H2,(H,19,20,21). The maximum atomic E-state index is 12.4. The van der Waals surface area contributed by atoms with E-state index in [1.807, 2.05) is 54.6 Å². The van der Waals surface area contributed by atoms with Gasteiger partial charge in [-0.3, -0.25) is 0 Å². The summed E-state index contributed by atoms with van der Waals surface area (Å²) >= 11 is 0. The second kappa shape index (κ2) is 5.53. The number of hydrogen-bond acceptors (Lipinski definition) is 4. The van der Waals surface area contributed by atoms with E-state index < -0.39 is 0 Å². The summed E-state index contributed by atoms with van der Waals surface area (Å²) in [5.41, 5.74) is 2.99. The Labute approximate surface area is 131 Å². The van der Waals surface area contributed by atoms with E-state index in [-0.39, 0.29) is 12.6 Å². The number of carbonyl (C=O) groups excluding carboxylic acids is 1. The molecule has 1 aromatic heterocycles. The highest BCUT2D eigenvalue weighted by atomic mass is 16.5. The molecule has 0 bridgehead atoms. The van der Waals surface area contributed by atoms with Gasteiger partial charge in [0.05, 0.1) is 5.56 Å². The van der Waals surface area contributed by atoms with Crippen LogP contribution < -0.4 is 0 Å². The molecular formula is C18H13N3O2. The molecule has 5 heteroatoms. The van der Waals surface area contributed by atoms with Gasteiger partial charge in [0.15, 0.2) is 0 Å². The van der Waals surface area contributed by atoms with E-state index in [1.54, 1.807) is 6.07 Å². The monoisotopic (exact) mass is 303 g/mol. The van der Waals surface area contributed by atoms with E-state index in [1.165, 1.54) is 0 Å². The number of nitrogens with zero attached hydrogens (tertiary/aromatic N) is 2. The number of hydrogen-bond donors (Lipinski definition) is 1. The summed E-state index contributed by atoms with van der Waals surface area (Å²) in [7, 11) is 0. The van der Waals surface area contributed by atoms with Crippen molar-refractivity contribution >= 4 is 27.8 Å². The Balaban J connectivity index is 1.57. The van der Waals surface area contributed by atoms with Gasteiger partial charge < -0.3 is 4.74 Å². The fraction of sp³-hybridized carbons (Fsp3) is 0.0556. The average Bonchev–Trinajstić information content (AvgIpc) is 3.07. The molecule has 0 amide bonds. The summed E-state index contributed by atoms with van der Waals surface area (Å²) in [4.78, 5) is 12.4. The molecule has 0 fully saturated rings. The minimum Gasteiger partial charge on any atom is -0.457 e. The third kappa shape index (κ3) is 2.53. The van der Waals surface area contributed by atoms with Gasteiger partial charge in [0.2, 0.25) is 0 Å². The molecule has 0 saturated heterocycles. The van der Waals surface area contributed by atoms with Crippen molar-refractivity contribution in [1.82, 2.24) is 15.4 Å². The number of H-pyrrole nitrogens is 1. The molecule has 0 unspecified atom stereocenters. The highest BCUT2D eigenvalue weighted by Crippen LogP contribution is 2.20. The maximum absolute atomic E-state index is 12.4. The Bertz CT molecular complexity index is 1000. The van der Waals surface area contributed by atoms with Crippen LogP contribution in [0.15, 0.2) is 60.7 Å². The molecule has 3 aromatic carbocycles. The number of aromatic amines is 1. The quantitative estimate of drug-likeness (QED) is 0.588. The Morgan fingerprint density at radius 3 is 2.74 bits per heavy atom. The van der Waals surface area contributed by atoms with Crippen LogP contribution in [0.4, 0.5) is 0 Å². The van der Waals surface area contributed by atoms with Crippen molar-refractivity contribution in [3.63, 3.8) is 0 Å². The SMILES string of the molecule is O=C(OCc1ccc2n[nH]nc2c1)c1cccc2ccccc12. The van der Waals surface area contributed by atoms with Crippen LogP contribution in [0, 0.1) is 0 Å². The molecule has 5 nitrogen and oxygen atoms in total. The molecule has 0 atom stereocenters. The second-order valence-corrected chi connectivity index (χ2v) is 5.25. The summed E-state index contributed by atoms with van der Waals surface area (Å²) in [6, 6.07) is 19.0. The predicted molar refractivity (Wildman–Crippen MR) is 87.0 cm³/mol. The highest BCUT2D eigenvalue weighted by Gasteiger charge is 2.11. The van der Waals surface area contributed by atoms with Crippen LogP contribution >= 0.6 is 0 Å². The van der Waals surface area contributed by atoms with Gasteiger partial charge in [0.25, 0.3) is 0 Å². The molecule has 0 aliphatic carbocycles. The van der Waals surface area contributed by atoms with Crippen LogP contribution in [-0.4, -0.2) is 21.4 Å². The van der Waals surface area contributed by atoms with Crippen LogP contribution in [-0.2, 0) is 11.3 Å². The molecule has 0 saturated carbocycles. The molecule has 112 valence electrons. The van der Waals surface area contributed by atoms with Gasteiger partial charge in [-0.25, -0.2) is 4.79 Å². The molecule has 1 heterocycles. The van der Waals surface area contributed by atoms with Crippen molar-refractivity contribution in [2.75, 3.05) is 0 Å². The minimum absolute atomic E-state index is 0.199. The smallest absolute Gasteiger partial charge is 0.339 e. The summed E-state index contributed by atoms with van der Waals surface area (Å²) in [6.45, 7) is 0.199. The number of carbonyl (C=O) groups is 1. The normalized spacial score (nSPS) is 11.0. The number of fused-ring (bicyclic) bond motifs is 2. The first-order chi connectivity index (χ1) is 11.3. The first-order valence-corrected chi connectivity index (χ1v) is 7.25. The lowest BCUT2D eigenvalue weighted by Gasteiger charge is -2.07. The van der Waals surface area contributed by atoms with E-state index in [0.29, 0.717) is 5.56 Å². The van der Waals surface area contributed by atoms with Crippen molar-refractivity contribution in [1.29, 1.82) is 0 Å². The number of benzene rings is 3. The third-order valence-electron chi connectivity index (χ3n) is 3.76. The zero-order valence-corrected chi connectivity index (χ0v) is 12.2. The molecule has 0 radical (unpaired) electrons. The van der Waals surface area contributed by atoms with Crippen molar-refractivity contribution in [2.45, 2.75) is 6.61 Å². The zero-order valence-electron chi connectivity index (χ0n) is 12.2. The number of aromatic nitrogens is 3. The number of rotatable bonds is 3. The van der Waals surface area contributed by atoms with Crippen LogP contribution in [0.3, 0.4) is 0 Å². The first kappa shape index (κ1) is 13.5. The minimum atomic E-state index is -0.331. The second-order valence-electron chi connectivity index (χ2n) is 5.25. The van der Waals surface area contributed by atoms with E-state index >= 15 is 0 Å². The fourth-order valence-electron chi connectivity index (χ4n) is 2.61. The summed E-state index contributed by atoms with van der Waals surface area (Å²) in [5, 5.41) is 12.5. The van der Waals surface area contributed by atoms with Gasteiger partial charge in [-0.05, 0) is 34.5 Å². The maximum Gasteiger partial charge on any atom is 0.339 e. The molecular weight excluding hydrogens is 290 g/mol. The summed E-state index contributed by atoms with van der Waals surface area (Å²) < 4.78 is 5.45. The van der Waals surface area contributed by atoms with E-state index in [4.69, 9.17) is 4.74 Å². The third-order valence-corrected chi connectivity index (χ3v) is 3.76. The van der Waals surface area contributed by atoms with Crippen molar-refractivity contribution in [3.8, 4) is 0 Å². The van der Waals surface area contributed by atoms with Crippen molar-refractivity contribution < 1.29 is 9.53 Å². The average molecular weight is 303 g/mol. The van der Waals surface area contributed by atoms with Gasteiger partial charge >= 0.3 is 5.97 Å². The van der Waals surface area contributed by atoms with Gasteiger partial charge in [-0.15, -0.1) is 0 Å². The lowest BCUT2D eigenvalue weighted by molar-refractivity contribution is 0.0475. The van der Waals surface area contributed by atoms with Crippen LogP contribution in [0.2, 0.25) is 0 Å². The number of nitrogens with one attached hydrogen (secondary N) is 1. The van der Waals surface area contributed by atoms with E-state index in [2.05, 4.69) is 15.4 Å². The first-order valence-electron chi connectivity index (χ1n) is 7.25. The molecule has 23 heavy (non-hydrogen) atoms. The van der Waals surface area contributed by atoms with Crippen LogP contribution in [0.25, 0.3) is 21.8 Å². The largest absolute Gasteiger partial charge is 0.457 e. The lowest BCUT2D eigenvalue weighted by atomic mass is 10.0. The zero-order chi connectivity index (χ0) is 15.6. The lowest BCUT2D eigenvalue weighted by Crippen LogP contribution is -2.05. The molecule has 4 aromatic rings. The van der Waals surface area contributed by atoms with Crippen LogP contribution in [0.1, 0.15) is 15.9 Å². The highest BCUT2D eigenvalue weighted by molar-refractivity contribution is 6.04. The van der Waals surface area contributed by atoms with Gasteiger partial charge in [-0.1, -0.05) is 42.5 Å². The Morgan fingerprint density at radius 2 is 1.78 bits per heavy atom. The fourth-order valence-corrected chi connectivity index (χ4v) is 2.61. The van der Waals surface area contributed by atoms with Gasteiger partial charge in [0, 0.05) is 0 Å². The van der Waals surface area contributed by atoms with Crippen molar-refractivity contribution in [3.05, 3.63) is 71.8 Å². The predicted octanol–water partition coefficient (Wildman–Crippen LogP) is 3.47. The molecule has 0 aliphatic rings. The molecule has 4 rings (SSSR count). The Morgan fingerprint density at radius 1 is 0.957 bits per heavy atom. The topological polar surface area (TPSA) is 67.9 Å². The van der Waals surface area contributed by atoms with Crippen molar-refractivity contribution in [2.24, 2.45) is 0 Å². The molecule has 0 aliphatic heterocycles. The van der Waals surface area contributed by atoms with E-state index in [0.717, 1.165) is 27.4 Å². The molecule has 1 N–H and O–H groups in total. The number of ether oxygens (including phenoxy) is 1. The Hall–Kier alpha value is -3.21. The number of esters is 1. The Kier molecular flexibility index (Phi) is 3.24. The van der Waals surface area contributed by atoms with E-state index in [9.17, 15) is 4.79 Å². The molecule has 0 spiro atoms.